The van der Waals surface area contributed by atoms with E-state index in [0.29, 0.717) is 19.6 Å². The second-order valence-electron chi connectivity index (χ2n) is 10.0. The third kappa shape index (κ3) is 8.84. The molecule has 1 aliphatic heterocycles. The largest absolute Gasteiger partial charge is 0.539 e. The van der Waals surface area contributed by atoms with Gasteiger partial charge in [-0.3, -0.25) is 14.6 Å². The summed E-state index contributed by atoms with van der Waals surface area (Å²) in [6.45, 7) is 7.64. The summed E-state index contributed by atoms with van der Waals surface area (Å²) in [5.41, 5.74) is 4.89. The van der Waals surface area contributed by atoms with Crippen molar-refractivity contribution in [3.8, 4) is 0 Å². The maximum Gasteiger partial charge on any atom is 0.351 e. The zero-order valence-corrected chi connectivity index (χ0v) is 23.7. The number of aromatic nitrogens is 1. The normalized spacial score (nSPS) is 13.3. The highest BCUT2D eigenvalue weighted by Crippen LogP contribution is 2.30. The zero-order valence-electron chi connectivity index (χ0n) is 23.7. The summed E-state index contributed by atoms with van der Waals surface area (Å²) < 4.78 is 0. The Hall–Kier alpha value is -4.31. The summed E-state index contributed by atoms with van der Waals surface area (Å²) >= 11 is 0. The molecule has 0 radical (unpaired) electrons. The first-order valence-electron chi connectivity index (χ1n) is 14.1. The van der Waals surface area contributed by atoms with Gasteiger partial charge in [0.25, 0.3) is 11.8 Å². The molecule has 2 aromatic carbocycles. The standard InChI is InChI=1S/C29H36N4O2.C2H2O4/c1-3-5-15-25-23(11-4-2)28(24-14-9-10-16-26(24)30-25)31-27(34)21-32-17-19-33(20-18-32)29(35)22-12-7-6-8-13-22;3-1(4)2(5)6/h6-10,12-14,16H,3-5,11,15,17-21H2,1-2H3,(H,30,31,34);(H,3,4)(H,5,6). The third-order valence-electron chi connectivity index (χ3n) is 6.97. The van der Waals surface area contributed by atoms with Crippen molar-refractivity contribution in [1.29, 1.82) is 0 Å². The number of rotatable bonds is 9. The molecule has 4 rings (SSSR count). The van der Waals surface area contributed by atoms with Crippen molar-refractivity contribution in [1.82, 2.24) is 9.88 Å². The number of carboxylic acid groups (broad SMARTS) is 2. The van der Waals surface area contributed by atoms with Crippen molar-refractivity contribution in [2.45, 2.75) is 46.0 Å². The van der Waals surface area contributed by atoms with E-state index in [2.05, 4.69) is 25.2 Å². The van der Waals surface area contributed by atoms with Gasteiger partial charge in [0.2, 0.25) is 0 Å². The van der Waals surface area contributed by atoms with Gasteiger partial charge in [0.1, 0.15) is 0 Å². The summed E-state index contributed by atoms with van der Waals surface area (Å²) in [5.74, 6) is -3.91. The number of aliphatic carboxylic acids is 2. The number of carbonyl (C=O) groups is 4. The Morgan fingerprint density at radius 3 is 2.20 bits per heavy atom. The van der Waals surface area contributed by atoms with E-state index in [9.17, 15) is 9.59 Å². The van der Waals surface area contributed by atoms with Crippen LogP contribution in [0.3, 0.4) is 0 Å². The Bertz CT molecular complexity index is 1340. The van der Waals surface area contributed by atoms with Gasteiger partial charge in [-0.15, -0.1) is 0 Å². The number of fused-ring (bicyclic) bond motifs is 1. The molecule has 1 fully saturated rings. The molecule has 218 valence electrons. The maximum absolute atomic E-state index is 13.2. The van der Waals surface area contributed by atoms with Crippen LogP contribution in [-0.2, 0) is 27.2 Å². The summed E-state index contributed by atoms with van der Waals surface area (Å²) in [6.07, 6.45) is 5.04. The lowest BCUT2D eigenvalue weighted by molar-refractivity contribution is -0.895. The van der Waals surface area contributed by atoms with Crippen LogP contribution in [0.2, 0.25) is 0 Å². The third-order valence-corrected chi connectivity index (χ3v) is 6.97. The number of pyridine rings is 1. The van der Waals surface area contributed by atoms with Gasteiger partial charge >= 0.3 is 5.97 Å². The van der Waals surface area contributed by atoms with E-state index >= 15 is 0 Å². The van der Waals surface area contributed by atoms with Gasteiger partial charge in [-0.25, -0.2) is 4.79 Å². The van der Waals surface area contributed by atoms with Crippen molar-refractivity contribution >= 4 is 40.3 Å². The molecule has 0 saturated carbocycles. The highest BCUT2D eigenvalue weighted by atomic mass is 16.4. The number of hydrogen-bond acceptors (Lipinski definition) is 6. The number of para-hydroxylation sites is 1. The van der Waals surface area contributed by atoms with Gasteiger partial charge in [-0.2, -0.15) is 0 Å². The predicted molar refractivity (Wildman–Crippen MR) is 154 cm³/mol. The Balaban J connectivity index is 0.000000696. The number of hydrogen-bond donors (Lipinski definition) is 3. The molecule has 0 aliphatic carbocycles. The Kier molecular flexibility index (Phi) is 11.8. The predicted octanol–water partition coefficient (Wildman–Crippen LogP) is 1.33. The average molecular weight is 563 g/mol. The maximum atomic E-state index is 13.2. The number of piperazine rings is 1. The van der Waals surface area contributed by atoms with E-state index in [-0.39, 0.29) is 11.8 Å². The SMILES string of the molecule is CCCCc1nc2ccccc2c(NC(=O)C[NH+]2CCN(C(=O)c3ccccc3)CC2)c1CCC.O=C([O-])C(=O)O. The second kappa shape index (κ2) is 15.5. The number of quaternary nitrogens is 1. The number of nitrogens with zero attached hydrogens (tertiary/aromatic N) is 2. The number of nitrogens with one attached hydrogen (secondary N) is 2. The van der Waals surface area contributed by atoms with Crippen molar-refractivity contribution in [2.24, 2.45) is 0 Å². The topological polar surface area (TPSA) is 144 Å². The fourth-order valence-electron chi connectivity index (χ4n) is 4.89. The number of anilines is 1. The van der Waals surface area contributed by atoms with E-state index in [0.717, 1.165) is 73.0 Å². The fraction of sp³-hybridized carbons (Fsp3) is 0.387. The molecular formula is C31H38N4O6. The number of carboxylic acids is 2. The lowest BCUT2D eigenvalue weighted by Crippen LogP contribution is -3.15. The monoisotopic (exact) mass is 562 g/mol. The zero-order chi connectivity index (χ0) is 29.8. The molecule has 0 unspecified atom stereocenters. The molecule has 41 heavy (non-hydrogen) atoms. The first-order chi connectivity index (χ1) is 19.7. The van der Waals surface area contributed by atoms with E-state index in [1.54, 1.807) is 0 Å². The van der Waals surface area contributed by atoms with Crippen LogP contribution in [0.4, 0.5) is 5.69 Å². The summed E-state index contributed by atoms with van der Waals surface area (Å²) in [4.78, 5) is 52.0. The minimum Gasteiger partial charge on any atom is -0.539 e. The van der Waals surface area contributed by atoms with Gasteiger partial charge in [0.15, 0.2) is 12.5 Å². The molecule has 0 spiro atoms. The van der Waals surface area contributed by atoms with Crippen LogP contribution in [0.15, 0.2) is 54.6 Å². The van der Waals surface area contributed by atoms with Crippen LogP contribution in [0.1, 0.15) is 54.7 Å². The molecule has 10 nitrogen and oxygen atoms in total. The smallest absolute Gasteiger partial charge is 0.351 e. The minimum absolute atomic E-state index is 0.0259. The fourth-order valence-corrected chi connectivity index (χ4v) is 4.89. The van der Waals surface area contributed by atoms with Crippen molar-refractivity contribution in [2.75, 3.05) is 38.0 Å². The highest BCUT2D eigenvalue weighted by Gasteiger charge is 2.26. The quantitative estimate of drug-likeness (QED) is 0.334. The molecule has 10 heteroatoms. The van der Waals surface area contributed by atoms with Crippen LogP contribution in [0, 0.1) is 0 Å². The van der Waals surface area contributed by atoms with Crippen LogP contribution < -0.4 is 15.3 Å². The van der Waals surface area contributed by atoms with E-state index in [1.165, 1.54) is 10.5 Å². The molecule has 0 bridgehead atoms. The van der Waals surface area contributed by atoms with Crippen LogP contribution >= 0.6 is 0 Å². The number of carbonyl (C=O) groups excluding carboxylic acids is 3. The Morgan fingerprint density at radius 2 is 1.59 bits per heavy atom. The average Bonchev–Trinajstić information content (AvgIpc) is 2.98. The van der Waals surface area contributed by atoms with Crippen LogP contribution in [0.25, 0.3) is 10.9 Å². The minimum atomic E-state index is -2.07. The van der Waals surface area contributed by atoms with E-state index in [1.807, 2.05) is 53.4 Å². The Morgan fingerprint density at radius 1 is 0.951 bits per heavy atom. The molecule has 3 N–H and O–H groups in total. The van der Waals surface area contributed by atoms with Gasteiger partial charge in [-0.1, -0.05) is 63.1 Å². The summed E-state index contributed by atoms with van der Waals surface area (Å²) in [7, 11) is 0. The molecule has 1 aromatic heterocycles. The number of amides is 2. The molecule has 0 atom stereocenters. The molecule has 3 aromatic rings. The van der Waals surface area contributed by atoms with Crippen molar-refractivity contribution < 1.29 is 34.3 Å². The molecule has 2 amide bonds. The van der Waals surface area contributed by atoms with Gasteiger partial charge in [-0.05, 0) is 43.0 Å². The molecule has 2 heterocycles. The Labute approximate surface area is 240 Å². The number of unbranched alkanes of at least 4 members (excludes halogenated alkanes) is 1. The van der Waals surface area contributed by atoms with Gasteiger partial charge in [0, 0.05) is 16.6 Å². The first-order valence-corrected chi connectivity index (χ1v) is 14.1. The molecule has 1 saturated heterocycles. The van der Waals surface area contributed by atoms with Crippen LogP contribution in [0.5, 0.6) is 0 Å². The lowest BCUT2D eigenvalue weighted by atomic mass is 9.98. The van der Waals surface area contributed by atoms with Crippen LogP contribution in [-0.4, -0.2) is 71.5 Å². The highest BCUT2D eigenvalue weighted by molar-refractivity contribution is 6.26. The van der Waals surface area contributed by atoms with E-state index in [4.69, 9.17) is 24.8 Å². The first kappa shape index (κ1) is 31.2. The van der Waals surface area contributed by atoms with Gasteiger partial charge < -0.3 is 30.1 Å². The summed E-state index contributed by atoms with van der Waals surface area (Å²) in [5, 5.41) is 20.6. The van der Waals surface area contributed by atoms with Crippen molar-refractivity contribution in [3.05, 3.63) is 71.4 Å². The second-order valence-corrected chi connectivity index (χ2v) is 10.0. The van der Waals surface area contributed by atoms with E-state index < -0.39 is 11.9 Å². The molecular weight excluding hydrogens is 524 g/mol. The number of aryl methyl sites for hydroxylation is 1. The molecule has 1 aliphatic rings. The lowest BCUT2D eigenvalue weighted by Gasteiger charge is -2.32. The van der Waals surface area contributed by atoms with Gasteiger partial charge in [0.05, 0.1) is 37.4 Å². The van der Waals surface area contributed by atoms with Crippen molar-refractivity contribution in [3.63, 3.8) is 0 Å². The summed E-state index contributed by atoms with van der Waals surface area (Å²) in [6, 6.07) is 17.5. The number of benzene rings is 2.